The Morgan fingerprint density at radius 2 is 1.80 bits per heavy atom. The zero-order chi connectivity index (χ0) is 10.8. The third kappa shape index (κ3) is 2.22. The van der Waals surface area contributed by atoms with Crippen LogP contribution in [0.5, 0.6) is 0 Å². The van der Waals surface area contributed by atoms with Crippen LogP contribution in [0.2, 0.25) is 5.02 Å². The number of hydrogen-bond acceptors (Lipinski definition) is 3. The molecule has 0 saturated heterocycles. The van der Waals surface area contributed by atoms with Crippen LogP contribution in [0.15, 0.2) is 41.3 Å². The van der Waals surface area contributed by atoms with Crippen LogP contribution in [0, 0.1) is 0 Å². The molecule has 0 bridgehead atoms. The monoisotopic (exact) mass is 239 g/mol. The molecule has 0 aliphatic carbocycles. The van der Waals surface area contributed by atoms with Gasteiger partial charge in [0.15, 0.2) is 0 Å². The summed E-state index contributed by atoms with van der Waals surface area (Å²) in [5.74, 6) is -0.630. The lowest BCUT2D eigenvalue weighted by atomic mass is 10.4. The van der Waals surface area contributed by atoms with Gasteiger partial charge in [-0.05, 0) is 30.1 Å². The van der Waals surface area contributed by atoms with Crippen molar-refractivity contribution in [3.05, 3.63) is 41.4 Å². The van der Waals surface area contributed by atoms with E-state index >= 15 is 0 Å². The van der Waals surface area contributed by atoms with Gasteiger partial charge in [-0.3, -0.25) is 9.59 Å². The first-order valence-corrected chi connectivity index (χ1v) is 5.31. The number of benzene rings is 1. The van der Waals surface area contributed by atoms with E-state index in [0.717, 1.165) is 21.1 Å². The minimum atomic E-state index is -0.315. The van der Waals surface area contributed by atoms with Gasteiger partial charge >= 0.3 is 0 Å². The standard InChI is InChI=1S/C10H6ClNO2S/c11-7-2-1-3-8(6-7)15-12-9(13)4-5-10(12)14/h1-6H. The lowest BCUT2D eigenvalue weighted by molar-refractivity contribution is -0.130. The summed E-state index contributed by atoms with van der Waals surface area (Å²) in [7, 11) is 0. The average molecular weight is 240 g/mol. The second-order valence-corrected chi connectivity index (χ2v) is 4.31. The molecule has 0 fully saturated rings. The molecular formula is C10H6ClNO2S. The molecule has 3 nitrogen and oxygen atoms in total. The van der Waals surface area contributed by atoms with Gasteiger partial charge in [0.25, 0.3) is 11.8 Å². The summed E-state index contributed by atoms with van der Waals surface area (Å²) in [6.07, 6.45) is 2.50. The molecular weight excluding hydrogens is 234 g/mol. The van der Waals surface area contributed by atoms with Crippen molar-refractivity contribution in [2.75, 3.05) is 0 Å². The van der Waals surface area contributed by atoms with Crippen molar-refractivity contribution in [2.24, 2.45) is 0 Å². The molecule has 1 heterocycles. The molecule has 0 radical (unpaired) electrons. The molecule has 0 atom stereocenters. The minimum Gasteiger partial charge on any atom is -0.268 e. The number of nitrogens with zero attached hydrogens (tertiary/aromatic N) is 1. The lowest BCUT2D eigenvalue weighted by Crippen LogP contribution is -2.21. The van der Waals surface area contributed by atoms with Gasteiger partial charge in [0, 0.05) is 22.1 Å². The Morgan fingerprint density at radius 1 is 1.13 bits per heavy atom. The fraction of sp³-hybridized carbons (Fsp3) is 0. The Labute approximate surface area is 95.8 Å². The number of rotatable bonds is 2. The van der Waals surface area contributed by atoms with E-state index in [9.17, 15) is 9.59 Å². The van der Waals surface area contributed by atoms with E-state index in [1.54, 1.807) is 24.3 Å². The predicted octanol–water partition coefficient (Wildman–Crippen LogP) is 2.27. The summed E-state index contributed by atoms with van der Waals surface area (Å²) in [6.45, 7) is 0. The Bertz CT molecular complexity index is 440. The predicted molar refractivity (Wildman–Crippen MR) is 58.3 cm³/mol. The van der Waals surface area contributed by atoms with E-state index in [1.165, 1.54) is 12.2 Å². The minimum absolute atomic E-state index is 0.315. The normalized spacial score (nSPS) is 15.1. The number of carbonyl (C=O) groups is 2. The molecule has 0 unspecified atom stereocenters. The lowest BCUT2D eigenvalue weighted by Gasteiger charge is -2.11. The van der Waals surface area contributed by atoms with E-state index < -0.39 is 0 Å². The first kappa shape index (κ1) is 10.3. The number of imide groups is 1. The Hall–Kier alpha value is -1.26. The van der Waals surface area contributed by atoms with Crippen LogP contribution in [0.4, 0.5) is 0 Å². The van der Waals surface area contributed by atoms with Crippen LogP contribution in [-0.2, 0) is 9.59 Å². The van der Waals surface area contributed by atoms with Gasteiger partial charge in [-0.2, -0.15) is 0 Å². The molecule has 1 aliphatic rings. The number of carbonyl (C=O) groups excluding carboxylic acids is 2. The number of halogens is 1. The Morgan fingerprint density at radius 3 is 2.40 bits per heavy atom. The van der Waals surface area contributed by atoms with Crippen molar-refractivity contribution in [3.8, 4) is 0 Å². The fourth-order valence-corrected chi connectivity index (χ4v) is 2.19. The van der Waals surface area contributed by atoms with Crippen LogP contribution in [0.25, 0.3) is 0 Å². The summed E-state index contributed by atoms with van der Waals surface area (Å²) in [6, 6.07) is 6.99. The fourth-order valence-electron chi connectivity index (χ4n) is 1.11. The Kier molecular flexibility index (Phi) is 2.79. The van der Waals surface area contributed by atoms with E-state index in [4.69, 9.17) is 11.6 Å². The third-order valence-corrected chi connectivity index (χ3v) is 3.00. The van der Waals surface area contributed by atoms with Crippen LogP contribution in [0.3, 0.4) is 0 Å². The van der Waals surface area contributed by atoms with Crippen LogP contribution in [-0.4, -0.2) is 16.1 Å². The van der Waals surface area contributed by atoms with Gasteiger partial charge in [0.1, 0.15) is 0 Å². The van der Waals surface area contributed by atoms with Gasteiger partial charge in [-0.15, -0.1) is 0 Å². The molecule has 2 amide bonds. The average Bonchev–Trinajstić information content (AvgIpc) is 2.50. The summed E-state index contributed by atoms with van der Waals surface area (Å²) in [4.78, 5) is 23.2. The highest BCUT2D eigenvalue weighted by Crippen LogP contribution is 2.27. The smallest absolute Gasteiger partial charge is 0.264 e. The van der Waals surface area contributed by atoms with E-state index in [2.05, 4.69) is 0 Å². The van der Waals surface area contributed by atoms with Crippen LogP contribution >= 0.6 is 23.5 Å². The number of amides is 2. The first-order valence-electron chi connectivity index (χ1n) is 4.16. The van der Waals surface area contributed by atoms with Gasteiger partial charge in [0.05, 0.1) is 0 Å². The van der Waals surface area contributed by atoms with Gasteiger partial charge in [-0.25, -0.2) is 4.31 Å². The highest BCUT2D eigenvalue weighted by Gasteiger charge is 2.24. The van der Waals surface area contributed by atoms with Gasteiger partial charge < -0.3 is 0 Å². The van der Waals surface area contributed by atoms with E-state index in [1.807, 2.05) is 0 Å². The van der Waals surface area contributed by atoms with Crippen molar-refractivity contribution >= 4 is 35.4 Å². The molecule has 5 heteroatoms. The second-order valence-electron chi connectivity index (χ2n) is 2.85. The highest BCUT2D eigenvalue weighted by atomic mass is 35.5. The summed E-state index contributed by atoms with van der Waals surface area (Å²) in [5.41, 5.74) is 0. The maximum atomic E-state index is 11.2. The van der Waals surface area contributed by atoms with Crippen molar-refractivity contribution in [1.82, 2.24) is 4.31 Å². The van der Waals surface area contributed by atoms with Crippen LogP contribution < -0.4 is 0 Å². The SMILES string of the molecule is O=C1C=CC(=O)N1Sc1cccc(Cl)c1. The summed E-state index contributed by atoms with van der Waals surface area (Å²) in [5, 5.41) is 0.576. The van der Waals surface area contributed by atoms with E-state index in [0.29, 0.717) is 5.02 Å². The van der Waals surface area contributed by atoms with Crippen molar-refractivity contribution in [3.63, 3.8) is 0 Å². The molecule has 0 N–H and O–H groups in total. The quantitative estimate of drug-likeness (QED) is 0.587. The topological polar surface area (TPSA) is 37.4 Å². The third-order valence-electron chi connectivity index (χ3n) is 1.76. The molecule has 1 aliphatic heterocycles. The highest BCUT2D eigenvalue weighted by molar-refractivity contribution is 7.98. The number of hydrogen-bond donors (Lipinski definition) is 0. The molecule has 1 aromatic rings. The van der Waals surface area contributed by atoms with Crippen LogP contribution in [0.1, 0.15) is 0 Å². The molecule has 15 heavy (non-hydrogen) atoms. The molecule has 0 saturated carbocycles. The van der Waals surface area contributed by atoms with Crippen molar-refractivity contribution in [2.45, 2.75) is 4.90 Å². The maximum absolute atomic E-state index is 11.2. The summed E-state index contributed by atoms with van der Waals surface area (Å²) >= 11 is 6.85. The van der Waals surface area contributed by atoms with Crippen molar-refractivity contribution < 1.29 is 9.59 Å². The second kappa shape index (κ2) is 4.08. The Balaban J connectivity index is 2.16. The van der Waals surface area contributed by atoms with Gasteiger partial charge in [-0.1, -0.05) is 17.7 Å². The molecule has 0 aromatic heterocycles. The molecule has 76 valence electrons. The zero-order valence-electron chi connectivity index (χ0n) is 7.51. The molecule has 0 spiro atoms. The maximum Gasteiger partial charge on any atom is 0.264 e. The summed E-state index contributed by atoms with van der Waals surface area (Å²) < 4.78 is 1.09. The molecule has 2 rings (SSSR count). The molecule has 1 aromatic carbocycles. The first-order chi connectivity index (χ1) is 7.16. The van der Waals surface area contributed by atoms with Gasteiger partial charge in [0.2, 0.25) is 0 Å². The largest absolute Gasteiger partial charge is 0.268 e. The van der Waals surface area contributed by atoms with Crippen molar-refractivity contribution in [1.29, 1.82) is 0 Å². The van der Waals surface area contributed by atoms with E-state index in [-0.39, 0.29) is 11.8 Å². The zero-order valence-corrected chi connectivity index (χ0v) is 9.09.